The van der Waals surface area contributed by atoms with Gasteiger partial charge in [0.05, 0.1) is 0 Å². The lowest BCUT2D eigenvalue weighted by Gasteiger charge is -2.33. The van der Waals surface area contributed by atoms with Gasteiger partial charge in [-0.2, -0.15) is 0 Å². The predicted octanol–water partition coefficient (Wildman–Crippen LogP) is 1.14. The highest BCUT2D eigenvalue weighted by Crippen LogP contribution is 2.19. The van der Waals surface area contributed by atoms with Crippen molar-refractivity contribution in [2.45, 2.75) is 39.2 Å². The Morgan fingerprint density at radius 2 is 2.26 bits per heavy atom. The first-order valence-electron chi connectivity index (χ1n) is 8.31. The van der Waals surface area contributed by atoms with E-state index >= 15 is 0 Å². The van der Waals surface area contributed by atoms with Gasteiger partial charge < -0.3 is 20.1 Å². The number of likely N-dealkylation sites (tertiary alicyclic amines) is 1. The van der Waals surface area contributed by atoms with Crippen LogP contribution in [0, 0.1) is 12.8 Å². The summed E-state index contributed by atoms with van der Waals surface area (Å²) in [7, 11) is 1.62. The van der Waals surface area contributed by atoms with Crippen LogP contribution in [0.25, 0.3) is 0 Å². The standard InChI is InChI=1S/C16H27N5O2/c1-13-18-8-10-20(13)11-14-5-4-9-21(12-14)16(23)19-7-3-6-15(22)17-2/h8,10,14H,3-7,9,11-12H2,1-2H3,(H,17,22)(H,19,23)/t14-/m0/s1. The predicted molar refractivity (Wildman–Crippen MR) is 88.0 cm³/mol. The van der Waals surface area contributed by atoms with Crippen molar-refractivity contribution in [3.63, 3.8) is 0 Å². The number of nitrogens with one attached hydrogen (secondary N) is 2. The number of hydrogen-bond acceptors (Lipinski definition) is 3. The number of rotatable bonds is 6. The third-order valence-electron chi connectivity index (χ3n) is 4.32. The number of hydrogen-bond donors (Lipinski definition) is 2. The number of nitrogens with zero attached hydrogens (tertiary/aromatic N) is 3. The number of aryl methyl sites for hydroxylation is 1. The first kappa shape index (κ1) is 17.3. The summed E-state index contributed by atoms with van der Waals surface area (Å²) in [5.74, 6) is 1.49. The second-order valence-electron chi connectivity index (χ2n) is 6.09. The Morgan fingerprint density at radius 3 is 2.96 bits per heavy atom. The number of piperidine rings is 1. The molecule has 2 rings (SSSR count). The lowest BCUT2D eigenvalue weighted by Crippen LogP contribution is -2.46. The van der Waals surface area contributed by atoms with Crippen LogP contribution >= 0.6 is 0 Å². The Balaban J connectivity index is 1.73. The number of carbonyl (C=O) groups excluding carboxylic acids is 2. The van der Waals surface area contributed by atoms with Gasteiger partial charge in [0.1, 0.15) is 5.82 Å². The van der Waals surface area contributed by atoms with Gasteiger partial charge in [0, 0.05) is 52.0 Å². The van der Waals surface area contributed by atoms with Gasteiger partial charge in [-0.3, -0.25) is 4.79 Å². The monoisotopic (exact) mass is 321 g/mol. The third kappa shape index (κ3) is 5.26. The lowest BCUT2D eigenvalue weighted by molar-refractivity contribution is -0.120. The Hall–Kier alpha value is -2.05. The summed E-state index contributed by atoms with van der Waals surface area (Å²) in [6.45, 7) is 5.03. The van der Waals surface area contributed by atoms with Crippen molar-refractivity contribution in [2.75, 3.05) is 26.7 Å². The molecule has 7 nitrogen and oxygen atoms in total. The number of amides is 3. The second kappa shape index (κ2) is 8.55. The Labute approximate surface area is 137 Å². The maximum Gasteiger partial charge on any atom is 0.317 e. The highest BCUT2D eigenvalue weighted by Gasteiger charge is 2.23. The first-order valence-corrected chi connectivity index (χ1v) is 8.31. The average molecular weight is 321 g/mol. The SMILES string of the molecule is CNC(=O)CCCNC(=O)N1CCC[C@@H](Cn2ccnc2C)C1. The molecule has 1 saturated heterocycles. The molecule has 0 bridgehead atoms. The van der Waals surface area contributed by atoms with E-state index < -0.39 is 0 Å². The van der Waals surface area contributed by atoms with Crippen molar-refractivity contribution in [3.05, 3.63) is 18.2 Å². The molecule has 2 heterocycles. The topological polar surface area (TPSA) is 79.3 Å². The summed E-state index contributed by atoms with van der Waals surface area (Å²) < 4.78 is 2.15. The molecule has 1 atom stereocenters. The molecule has 1 aromatic heterocycles. The van der Waals surface area contributed by atoms with Gasteiger partial charge in [-0.15, -0.1) is 0 Å². The number of carbonyl (C=O) groups is 2. The molecule has 0 aliphatic carbocycles. The van der Waals surface area contributed by atoms with Crippen molar-refractivity contribution in [3.8, 4) is 0 Å². The van der Waals surface area contributed by atoms with E-state index in [2.05, 4.69) is 20.2 Å². The van der Waals surface area contributed by atoms with Gasteiger partial charge in [0.15, 0.2) is 0 Å². The van der Waals surface area contributed by atoms with Gasteiger partial charge in [-0.25, -0.2) is 9.78 Å². The molecule has 1 aliphatic rings. The zero-order valence-corrected chi connectivity index (χ0v) is 14.0. The van der Waals surface area contributed by atoms with Crippen molar-refractivity contribution >= 4 is 11.9 Å². The number of urea groups is 1. The van der Waals surface area contributed by atoms with E-state index in [0.717, 1.165) is 38.3 Å². The third-order valence-corrected chi connectivity index (χ3v) is 4.32. The second-order valence-corrected chi connectivity index (χ2v) is 6.09. The maximum atomic E-state index is 12.2. The molecule has 1 aliphatic heterocycles. The van der Waals surface area contributed by atoms with Crippen molar-refractivity contribution < 1.29 is 9.59 Å². The first-order chi connectivity index (χ1) is 11.1. The molecule has 2 N–H and O–H groups in total. The van der Waals surface area contributed by atoms with E-state index in [1.807, 2.05) is 24.2 Å². The molecular formula is C16H27N5O2. The smallest absolute Gasteiger partial charge is 0.317 e. The zero-order valence-electron chi connectivity index (χ0n) is 14.0. The van der Waals surface area contributed by atoms with Crippen molar-refractivity contribution in [2.24, 2.45) is 5.92 Å². The maximum absolute atomic E-state index is 12.2. The molecule has 1 fully saturated rings. The Morgan fingerprint density at radius 1 is 1.43 bits per heavy atom. The summed E-state index contributed by atoms with van der Waals surface area (Å²) in [6, 6.07) is -0.0195. The van der Waals surface area contributed by atoms with Gasteiger partial charge >= 0.3 is 6.03 Å². The quantitative estimate of drug-likeness (QED) is 0.771. The highest BCUT2D eigenvalue weighted by molar-refractivity contribution is 5.76. The minimum absolute atomic E-state index is 0.00740. The van der Waals surface area contributed by atoms with E-state index in [9.17, 15) is 9.59 Å². The van der Waals surface area contributed by atoms with Crippen LogP contribution in [0.2, 0.25) is 0 Å². The zero-order chi connectivity index (χ0) is 16.7. The minimum atomic E-state index is -0.0195. The van der Waals surface area contributed by atoms with Gasteiger partial charge in [0.25, 0.3) is 0 Å². The molecule has 0 unspecified atom stereocenters. The van der Waals surface area contributed by atoms with E-state index in [1.165, 1.54) is 0 Å². The number of imidazole rings is 1. The summed E-state index contributed by atoms with van der Waals surface area (Å²) in [4.78, 5) is 29.5. The summed E-state index contributed by atoms with van der Waals surface area (Å²) in [5, 5.41) is 5.49. The highest BCUT2D eigenvalue weighted by atomic mass is 16.2. The van der Waals surface area contributed by atoms with Crippen LogP contribution in [0.5, 0.6) is 0 Å². The van der Waals surface area contributed by atoms with Gasteiger partial charge in [-0.1, -0.05) is 0 Å². The van der Waals surface area contributed by atoms with Crippen LogP contribution in [0.1, 0.15) is 31.5 Å². The lowest BCUT2D eigenvalue weighted by atomic mass is 9.98. The van der Waals surface area contributed by atoms with E-state index in [0.29, 0.717) is 25.3 Å². The van der Waals surface area contributed by atoms with Crippen LogP contribution < -0.4 is 10.6 Å². The van der Waals surface area contributed by atoms with Crippen LogP contribution in [0.15, 0.2) is 12.4 Å². The number of aromatic nitrogens is 2. The van der Waals surface area contributed by atoms with Crippen molar-refractivity contribution in [1.29, 1.82) is 0 Å². The van der Waals surface area contributed by atoms with Crippen LogP contribution in [0.4, 0.5) is 4.79 Å². The fraction of sp³-hybridized carbons (Fsp3) is 0.688. The molecule has 128 valence electrons. The Bertz CT molecular complexity index is 528. The fourth-order valence-corrected chi connectivity index (χ4v) is 2.95. The molecule has 7 heteroatoms. The normalized spacial score (nSPS) is 17.8. The van der Waals surface area contributed by atoms with E-state index in [1.54, 1.807) is 7.05 Å². The average Bonchev–Trinajstić information content (AvgIpc) is 2.96. The molecule has 0 aromatic carbocycles. The molecular weight excluding hydrogens is 294 g/mol. The summed E-state index contributed by atoms with van der Waals surface area (Å²) >= 11 is 0. The van der Waals surface area contributed by atoms with Crippen LogP contribution in [-0.4, -0.2) is 53.1 Å². The van der Waals surface area contributed by atoms with Gasteiger partial charge in [0.2, 0.25) is 5.91 Å². The van der Waals surface area contributed by atoms with E-state index in [4.69, 9.17) is 0 Å². The minimum Gasteiger partial charge on any atom is -0.359 e. The van der Waals surface area contributed by atoms with Gasteiger partial charge in [-0.05, 0) is 32.1 Å². The van der Waals surface area contributed by atoms with Crippen molar-refractivity contribution in [1.82, 2.24) is 25.1 Å². The molecule has 3 amide bonds. The summed E-state index contributed by atoms with van der Waals surface area (Å²) in [6.07, 6.45) is 7.08. The Kier molecular flexibility index (Phi) is 6.43. The molecule has 1 aromatic rings. The van der Waals surface area contributed by atoms with Crippen LogP contribution in [0.3, 0.4) is 0 Å². The molecule has 23 heavy (non-hydrogen) atoms. The molecule has 0 spiro atoms. The molecule has 0 radical (unpaired) electrons. The fourth-order valence-electron chi connectivity index (χ4n) is 2.95. The summed E-state index contributed by atoms with van der Waals surface area (Å²) in [5.41, 5.74) is 0. The molecule has 0 saturated carbocycles. The largest absolute Gasteiger partial charge is 0.359 e. The van der Waals surface area contributed by atoms with E-state index in [-0.39, 0.29) is 11.9 Å². The van der Waals surface area contributed by atoms with Crippen LogP contribution in [-0.2, 0) is 11.3 Å².